The third-order valence-corrected chi connectivity index (χ3v) is 8.05. The summed E-state index contributed by atoms with van der Waals surface area (Å²) in [5.41, 5.74) is 6.58. The number of nitrogens with one attached hydrogen (secondary N) is 1. The van der Waals surface area contributed by atoms with Gasteiger partial charge < -0.3 is 10.1 Å². The lowest BCUT2D eigenvalue weighted by Crippen LogP contribution is -2.31. The van der Waals surface area contributed by atoms with E-state index in [1.807, 2.05) is 48.1 Å². The van der Waals surface area contributed by atoms with Gasteiger partial charge in [0.25, 0.3) is 0 Å². The van der Waals surface area contributed by atoms with Gasteiger partial charge in [-0.3, -0.25) is 14.6 Å². The Morgan fingerprint density at radius 1 is 1.14 bits per heavy atom. The molecule has 0 aromatic carbocycles. The minimum atomic E-state index is -3.27. The van der Waals surface area contributed by atoms with Crippen molar-refractivity contribution in [3.8, 4) is 34.0 Å². The number of aliphatic hydroxyl groups excluding tert-OH is 1. The van der Waals surface area contributed by atoms with Crippen molar-refractivity contribution in [3.05, 3.63) is 59.8 Å². The predicted octanol–water partition coefficient (Wildman–Crippen LogP) is 2.75. The topological polar surface area (TPSA) is 130 Å². The van der Waals surface area contributed by atoms with E-state index in [0.29, 0.717) is 17.4 Å². The Bertz CT molecular complexity index is 1530. The van der Waals surface area contributed by atoms with Gasteiger partial charge in [0.05, 0.1) is 42.5 Å². The van der Waals surface area contributed by atoms with E-state index in [-0.39, 0.29) is 19.2 Å². The zero-order valence-electron chi connectivity index (χ0n) is 20.1. The van der Waals surface area contributed by atoms with Crippen LogP contribution < -0.4 is 0 Å². The zero-order chi connectivity index (χ0) is 25.0. The van der Waals surface area contributed by atoms with Crippen LogP contribution in [0.3, 0.4) is 0 Å². The van der Waals surface area contributed by atoms with Crippen molar-refractivity contribution in [2.75, 3.05) is 6.26 Å². The fourth-order valence-electron chi connectivity index (χ4n) is 4.89. The smallest absolute Gasteiger partial charge is 0.211 e. The van der Waals surface area contributed by atoms with E-state index in [0.717, 1.165) is 59.0 Å². The number of imidazole rings is 1. The van der Waals surface area contributed by atoms with Crippen molar-refractivity contribution in [2.45, 2.75) is 45.5 Å². The normalized spacial score (nSPS) is 19.9. The van der Waals surface area contributed by atoms with Gasteiger partial charge in [-0.15, -0.1) is 0 Å². The summed E-state index contributed by atoms with van der Waals surface area (Å²) >= 11 is 0. The van der Waals surface area contributed by atoms with E-state index in [9.17, 15) is 13.5 Å². The molecular weight excluding hydrogens is 478 g/mol. The summed E-state index contributed by atoms with van der Waals surface area (Å²) < 4.78 is 27.1. The molecule has 0 amide bonds. The molecular formula is C25H27N7O3S. The number of aliphatic hydroxyl groups is 1. The Morgan fingerprint density at radius 2 is 1.97 bits per heavy atom. The second kappa shape index (κ2) is 8.61. The zero-order valence-corrected chi connectivity index (χ0v) is 20.9. The molecule has 1 saturated carbocycles. The van der Waals surface area contributed by atoms with Crippen LogP contribution in [0, 0.1) is 12.8 Å². The number of aryl methyl sites for hydroxylation is 1. The summed E-state index contributed by atoms with van der Waals surface area (Å²) in [4.78, 5) is 17.1. The molecule has 6 rings (SSSR count). The first-order valence-corrected chi connectivity index (χ1v) is 13.8. The van der Waals surface area contributed by atoms with E-state index in [2.05, 4.69) is 15.0 Å². The van der Waals surface area contributed by atoms with E-state index in [1.54, 1.807) is 6.20 Å². The highest BCUT2D eigenvalue weighted by atomic mass is 32.2. The second-order valence-electron chi connectivity index (χ2n) is 9.74. The average Bonchev–Trinajstić information content (AvgIpc) is 3.51. The van der Waals surface area contributed by atoms with Gasteiger partial charge in [0, 0.05) is 30.2 Å². The van der Waals surface area contributed by atoms with Crippen LogP contribution in [0.1, 0.15) is 29.9 Å². The van der Waals surface area contributed by atoms with Crippen LogP contribution in [-0.4, -0.2) is 59.9 Å². The van der Waals surface area contributed by atoms with Crippen LogP contribution in [0.25, 0.3) is 34.0 Å². The maximum Gasteiger partial charge on any atom is 0.211 e. The molecule has 0 radical (unpaired) electrons. The van der Waals surface area contributed by atoms with Crippen LogP contribution in [0.2, 0.25) is 0 Å². The summed E-state index contributed by atoms with van der Waals surface area (Å²) in [6, 6.07) is 9.81. The number of hydrogen-bond donors (Lipinski definition) is 2. The van der Waals surface area contributed by atoms with Crippen LogP contribution in [0.15, 0.2) is 42.7 Å². The highest BCUT2D eigenvalue weighted by molar-refractivity contribution is 7.88. The van der Waals surface area contributed by atoms with Crippen molar-refractivity contribution in [1.29, 1.82) is 0 Å². The van der Waals surface area contributed by atoms with Crippen LogP contribution in [-0.2, 0) is 29.7 Å². The first-order chi connectivity index (χ1) is 17.2. The van der Waals surface area contributed by atoms with Gasteiger partial charge in [0.15, 0.2) is 5.82 Å². The van der Waals surface area contributed by atoms with Crippen molar-refractivity contribution in [1.82, 2.24) is 34.0 Å². The molecule has 10 nitrogen and oxygen atoms in total. The second-order valence-corrected chi connectivity index (χ2v) is 11.7. The minimum Gasteiger partial charge on any atom is -0.393 e. The lowest BCUT2D eigenvalue weighted by Gasteiger charge is -2.31. The lowest BCUT2D eigenvalue weighted by atomic mass is 9.82. The SMILES string of the molecule is Cc1cccc(-c2nn(CC3CC(O)C3)cc2-c2ccnc(-c3nc4c([nH]3)CN(S(C)(=O)=O)C4)c2)n1. The molecule has 0 bridgehead atoms. The summed E-state index contributed by atoms with van der Waals surface area (Å²) in [7, 11) is -3.27. The molecule has 5 heterocycles. The van der Waals surface area contributed by atoms with Gasteiger partial charge in [-0.05, 0) is 55.5 Å². The molecule has 1 aliphatic heterocycles. The maximum atomic E-state index is 11.9. The van der Waals surface area contributed by atoms with Crippen molar-refractivity contribution in [2.24, 2.45) is 5.92 Å². The fraction of sp³-hybridized carbons (Fsp3) is 0.360. The molecule has 0 spiro atoms. The van der Waals surface area contributed by atoms with Crippen molar-refractivity contribution in [3.63, 3.8) is 0 Å². The summed E-state index contributed by atoms with van der Waals surface area (Å²) in [5.74, 6) is 1.03. The van der Waals surface area contributed by atoms with Gasteiger partial charge >= 0.3 is 0 Å². The molecule has 0 unspecified atom stereocenters. The molecule has 4 aromatic heterocycles. The largest absolute Gasteiger partial charge is 0.393 e. The number of aromatic nitrogens is 6. The maximum absolute atomic E-state index is 11.9. The highest BCUT2D eigenvalue weighted by Crippen LogP contribution is 2.34. The van der Waals surface area contributed by atoms with Gasteiger partial charge in [-0.25, -0.2) is 13.4 Å². The molecule has 4 aromatic rings. The number of H-pyrrole nitrogens is 1. The summed E-state index contributed by atoms with van der Waals surface area (Å²) in [6.07, 6.45) is 6.38. The number of sulfonamides is 1. The van der Waals surface area contributed by atoms with Crippen LogP contribution >= 0.6 is 0 Å². The van der Waals surface area contributed by atoms with Crippen molar-refractivity contribution < 1.29 is 13.5 Å². The Labute approximate surface area is 209 Å². The average molecular weight is 506 g/mol. The third kappa shape index (κ3) is 4.34. The minimum absolute atomic E-state index is 0.204. The first kappa shape index (κ1) is 23.0. The fourth-order valence-corrected chi connectivity index (χ4v) is 5.61. The first-order valence-electron chi connectivity index (χ1n) is 11.9. The van der Waals surface area contributed by atoms with E-state index >= 15 is 0 Å². The molecule has 1 aliphatic carbocycles. The number of rotatable bonds is 6. The molecule has 2 N–H and O–H groups in total. The Kier molecular flexibility index (Phi) is 5.51. The Morgan fingerprint density at radius 3 is 2.69 bits per heavy atom. The molecule has 2 aliphatic rings. The molecule has 11 heteroatoms. The number of aromatic amines is 1. The van der Waals surface area contributed by atoms with Gasteiger partial charge in [0.1, 0.15) is 11.4 Å². The van der Waals surface area contributed by atoms with Crippen molar-refractivity contribution >= 4 is 10.0 Å². The lowest BCUT2D eigenvalue weighted by molar-refractivity contribution is 0.0337. The number of nitrogens with zero attached hydrogens (tertiary/aromatic N) is 6. The van der Waals surface area contributed by atoms with E-state index in [4.69, 9.17) is 10.1 Å². The van der Waals surface area contributed by atoms with Gasteiger partial charge in [0.2, 0.25) is 10.0 Å². The van der Waals surface area contributed by atoms with Gasteiger partial charge in [-0.2, -0.15) is 9.40 Å². The number of pyridine rings is 2. The summed E-state index contributed by atoms with van der Waals surface area (Å²) in [6.45, 7) is 3.25. The third-order valence-electron chi connectivity index (χ3n) is 6.86. The Hall–Kier alpha value is -3.41. The molecule has 186 valence electrons. The number of fused-ring (bicyclic) bond motifs is 1. The quantitative estimate of drug-likeness (QED) is 0.412. The van der Waals surface area contributed by atoms with E-state index < -0.39 is 10.0 Å². The monoisotopic (exact) mass is 505 g/mol. The standard InChI is InChI=1S/C25H27N7O3S/c1-15-4-3-5-20(27-15)24-19(12-31(30-24)11-16-8-18(33)9-16)17-6-7-26-21(10-17)25-28-22-13-32(36(2,34)35)14-23(22)29-25/h3-7,10,12,16,18,33H,8-9,11,13-14H2,1-2H3,(H,28,29). The molecule has 36 heavy (non-hydrogen) atoms. The predicted molar refractivity (Wildman–Crippen MR) is 134 cm³/mol. The number of hydrogen-bond acceptors (Lipinski definition) is 7. The molecule has 1 fully saturated rings. The van der Waals surface area contributed by atoms with Crippen LogP contribution in [0.5, 0.6) is 0 Å². The Balaban J connectivity index is 1.35. The molecule has 0 atom stereocenters. The van der Waals surface area contributed by atoms with Gasteiger partial charge in [-0.1, -0.05) is 6.07 Å². The summed E-state index contributed by atoms with van der Waals surface area (Å²) in [5, 5.41) is 14.6. The highest BCUT2D eigenvalue weighted by Gasteiger charge is 2.30. The van der Waals surface area contributed by atoms with Crippen LogP contribution in [0.4, 0.5) is 0 Å². The van der Waals surface area contributed by atoms with E-state index in [1.165, 1.54) is 10.6 Å². The molecule has 0 saturated heterocycles.